The fourth-order valence-corrected chi connectivity index (χ4v) is 2.52. The molecule has 0 bridgehead atoms. The smallest absolute Gasteiger partial charge is 0.320 e. The molecule has 1 rings (SSSR count). The molecule has 0 aromatic heterocycles. The normalized spacial score (nSPS) is 20.8. The van der Waals surface area contributed by atoms with Crippen molar-refractivity contribution in [2.75, 3.05) is 19.6 Å². The van der Waals surface area contributed by atoms with Crippen LogP contribution in [-0.2, 0) is 4.79 Å². The topological polar surface area (TPSA) is 60.9 Å². The molecular weight excluding hydrogens is 232 g/mol. The number of urea groups is 1. The SMILES string of the molecule is CCC1CCN(C(=O)N(CC)C(C)CC(=O)O)C1. The van der Waals surface area contributed by atoms with Crippen LogP contribution in [0.25, 0.3) is 0 Å². The molecule has 1 fully saturated rings. The Hall–Kier alpha value is -1.26. The highest BCUT2D eigenvalue weighted by Gasteiger charge is 2.30. The lowest BCUT2D eigenvalue weighted by Crippen LogP contribution is -2.47. The van der Waals surface area contributed by atoms with Crippen molar-refractivity contribution in [1.29, 1.82) is 0 Å². The van der Waals surface area contributed by atoms with Gasteiger partial charge >= 0.3 is 12.0 Å². The summed E-state index contributed by atoms with van der Waals surface area (Å²) < 4.78 is 0. The van der Waals surface area contributed by atoms with E-state index in [-0.39, 0.29) is 18.5 Å². The summed E-state index contributed by atoms with van der Waals surface area (Å²) in [4.78, 5) is 26.6. The van der Waals surface area contributed by atoms with E-state index >= 15 is 0 Å². The Balaban J connectivity index is 2.59. The van der Waals surface area contributed by atoms with Crippen LogP contribution in [-0.4, -0.2) is 52.6 Å². The van der Waals surface area contributed by atoms with Gasteiger partial charge in [-0.1, -0.05) is 13.3 Å². The fraction of sp³-hybridized carbons (Fsp3) is 0.846. The molecule has 18 heavy (non-hydrogen) atoms. The van der Waals surface area contributed by atoms with Gasteiger partial charge in [-0.25, -0.2) is 4.79 Å². The molecule has 2 amide bonds. The van der Waals surface area contributed by atoms with Crippen molar-refractivity contribution < 1.29 is 14.7 Å². The minimum Gasteiger partial charge on any atom is -0.481 e. The Morgan fingerprint density at radius 3 is 2.56 bits per heavy atom. The number of likely N-dealkylation sites (tertiary alicyclic amines) is 1. The van der Waals surface area contributed by atoms with Gasteiger partial charge < -0.3 is 14.9 Å². The zero-order chi connectivity index (χ0) is 13.7. The summed E-state index contributed by atoms with van der Waals surface area (Å²) in [6, 6.07) is -0.261. The predicted molar refractivity (Wildman–Crippen MR) is 69.5 cm³/mol. The summed E-state index contributed by atoms with van der Waals surface area (Å²) in [7, 11) is 0. The average Bonchev–Trinajstić information content (AvgIpc) is 2.77. The molecule has 1 N–H and O–H groups in total. The zero-order valence-electron chi connectivity index (χ0n) is 11.6. The van der Waals surface area contributed by atoms with E-state index in [4.69, 9.17) is 5.11 Å². The number of hydrogen-bond acceptors (Lipinski definition) is 2. The highest BCUT2D eigenvalue weighted by molar-refractivity contribution is 5.76. The van der Waals surface area contributed by atoms with Crippen LogP contribution in [0.15, 0.2) is 0 Å². The van der Waals surface area contributed by atoms with Gasteiger partial charge in [0, 0.05) is 25.7 Å². The third-order valence-electron chi connectivity index (χ3n) is 3.72. The van der Waals surface area contributed by atoms with Crippen LogP contribution in [0, 0.1) is 5.92 Å². The molecule has 104 valence electrons. The summed E-state index contributed by atoms with van der Waals surface area (Å²) in [5, 5.41) is 8.80. The van der Waals surface area contributed by atoms with Gasteiger partial charge in [0.25, 0.3) is 0 Å². The number of carbonyl (C=O) groups is 2. The first kappa shape index (κ1) is 14.8. The molecule has 1 aliphatic heterocycles. The lowest BCUT2D eigenvalue weighted by Gasteiger charge is -2.31. The first-order chi connectivity index (χ1) is 8.49. The van der Waals surface area contributed by atoms with Crippen molar-refractivity contribution in [2.45, 2.75) is 46.1 Å². The lowest BCUT2D eigenvalue weighted by molar-refractivity contribution is -0.138. The maximum atomic E-state index is 12.3. The molecule has 5 nitrogen and oxygen atoms in total. The molecule has 5 heteroatoms. The summed E-state index contributed by atoms with van der Waals surface area (Å²) in [6.45, 7) is 8.00. The third kappa shape index (κ3) is 3.62. The van der Waals surface area contributed by atoms with Crippen LogP contribution in [0.2, 0.25) is 0 Å². The second-order valence-electron chi connectivity index (χ2n) is 5.02. The number of aliphatic carboxylic acids is 1. The molecular formula is C13H24N2O3. The van der Waals surface area contributed by atoms with Crippen LogP contribution in [0.5, 0.6) is 0 Å². The van der Waals surface area contributed by atoms with Crippen molar-refractivity contribution in [3.63, 3.8) is 0 Å². The van der Waals surface area contributed by atoms with Gasteiger partial charge in [-0.3, -0.25) is 4.79 Å². The molecule has 2 unspecified atom stereocenters. The maximum absolute atomic E-state index is 12.3. The number of carbonyl (C=O) groups excluding carboxylic acids is 1. The highest BCUT2D eigenvalue weighted by atomic mass is 16.4. The first-order valence-electron chi connectivity index (χ1n) is 6.76. The number of carboxylic acids is 1. The minimum absolute atomic E-state index is 0.00459. The van der Waals surface area contributed by atoms with Crippen molar-refractivity contribution in [3.8, 4) is 0 Å². The van der Waals surface area contributed by atoms with E-state index < -0.39 is 5.97 Å². The van der Waals surface area contributed by atoms with Gasteiger partial charge in [0.2, 0.25) is 0 Å². The maximum Gasteiger partial charge on any atom is 0.320 e. The molecule has 0 saturated carbocycles. The molecule has 2 atom stereocenters. The second kappa shape index (κ2) is 6.61. The summed E-state index contributed by atoms with van der Waals surface area (Å²) in [5.41, 5.74) is 0. The van der Waals surface area contributed by atoms with Crippen LogP contribution in [0.3, 0.4) is 0 Å². The minimum atomic E-state index is -0.860. The van der Waals surface area contributed by atoms with E-state index in [9.17, 15) is 9.59 Å². The van der Waals surface area contributed by atoms with Gasteiger partial charge in [0.05, 0.1) is 6.42 Å². The summed E-state index contributed by atoms with van der Waals surface area (Å²) >= 11 is 0. The van der Waals surface area contributed by atoms with E-state index in [1.165, 1.54) is 0 Å². The largest absolute Gasteiger partial charge is 0.481 e. The van der Waals surface area contributed by atoms with Gasteiger partial charge in [-0.05, 0) is 26.2 Å². The van der Waals surface area contributed by atoms with Crippen LogP contribution in [0.1, 0.15) is 40.0 Å². The van der Waals surface area contributed by atoms with Crippen LogP contribution in [0.4, 0.5) is 4.79 Å². The number of rotatable bonds is 5. The first-order valence-corrected chi connectivity index (χ1v) is 6.76. The molecule has 0 aromatic carbocycles. The van der Waals surface area contributed by atoms with Crippen molar-refractivity contribution in [3.05, 3.63) is 0 Å². The number of hydrogen-bond donors (Lipinski definition) is 1. The molecule has 0 aliphatic carbocycles. The second-order valence-corrected chi connectivity index (χ2v) is 5.02. The van der Waals surface area contributed by atoms with Crippen molar-refractivity contribution in [2.24, 2.45) is 5.92 Å². The Bertz CT molecular complexity index is 307. The molecule has 0 aromatic rings. The number of amides is 2. The molecule has 0 spiro atoms. The molecule has 1 saturated heterocycles. The Labute approximate surface area is 109 Å². The molecule has 0 radical (unpaired) electrons. The van der Waals surface area contributed by atoms with Crippen LogP contribution >= 0.6 is 0 Å². The van der Waals surface area contributed by atoms with E-state index in [1.54, 1.807) is 11.8 Å². The van der Waals surface area contributed by atoms with E-state index in [2.05, 4.69) is 6.92 Å². The van der Waals surface area contributed by atoms with Gasteiger partial charge in [-0.2, -0.15) is 0 Å². The monoisotopic (exact) mass is 256 g/mol. The molecule has 1 aliphatic rings. The van der Waals surface area contributed by atoms with Crippen molar-refractivity contribution >= 4 is 12.0 Å². The lowest BCUT2D eigenvalue weighted by atomic mass is 10.1. The summed E-state index contributed by atoms with van der Waals surface area (Å²) in [5.74, 6) is -0.260. The zero-order valence-corrected chi connectivity index (χ0v) is 11.6. The Morgan fingerprint density at radius 1 is 1.44 bits per heavy atom. The summed E-state index contributed by atoms with van der Waals surface area (Å²) in [6.07, 6.45) is 2.16. The Kier molecular flexibility index (Phi) is 5.44. The van der Waals surface area contributed by atoms with E-state index in [0.717, 1.165) is 25.9 Å². The standard InChI is InChI=1S/C13H24N2O3/c1-4-11-6-7-14(9-11)13(18)15(5-2)10(3)8-12(16)17/h10-11H,4-9H2,1-3H3,(H,16,17). The van der Waals surface area contributed by atoms with Gasteiger partial charge in [0.15, 0.2) is 0 Å². The highest BCUT2D eigenvalue weighted by Crippen LogP contribution is 2.21. The van der Waals surface area contributed by atoms with Gasteiger partial charge in [-0.15, -0.1) is 0 Å². The Morgan fingerprint density at radius 2 is 2.11 bits per heavy atom. The van der Waals surface area contributed by atoms with Gasteiger partial charge in [0.1, 0.15) is 0 Å². The van der Waals surface area contributed by atoms with Crippen LogP contribution < -0.4 is 0 Å². The number of carboxylic acid groups (broad SMARTS) is 1. The van der Waals surface area contributed by atoms with E-state index in [1.807, 2.05) is 11.8 Å². The van der Waals surface area contributed by atoms with Crippen molar-refractivity contribution in [1.82, 2.24) is 9.80 Å². The van der Waals surface area contributed by atoms with E-state index in [0.29, 0.717) is 12.5 Å². The quantitative estimate of drug-likeness (QED) is 0.818. The fourth-order valence-electron chi connectivity index (χ4n) is 2.52. The third-order valence-corrected chi connectivity index (χ3v) is 3.72. The number of nitrogens with zero attached hydrogens (tertiary/aromatic N) is 2. The average molecular weight is 256 g/mol. The molecule has 1 heterocycles. The predicted octanol–water partition coefficient (Wildman–Crippen LogP) is 2.02.